The fraction of sp³-hybridized carbons (Fsp3) is 0.200. The zero-order chi connectivity index (χ0) is 14.7. The molecule has 0 atom stereocenters. The lowest BCUT2D eigenvalue weighted by molar-refractivity contribution is 1.13. The van der Waals surface area contributed by atoms with E-state index in [1.165, 1.54) is 38.6 Å². The third-order valence-electron chi connectivity index (χ3n) is 3.93. The van der Waals surface area contributed by atoms with Gasteiger partial charge < -0.3 is 0 Å². The standard InChI is InChI=1S/C20H22/c1-6-14-11-15(7-2)19-13-16(8-3)17(9-4)18(10-5)20(19)12-14/h7,9-13H,2,4-6,8H2,1,3H3. The molecule has 0 N–H and O–H groups in total. The highest BCUT2D eigenvalue weighted by Crippen LogP contribution is 2.32. The normalized spacial score (nSPS) is 10.5. The molecule has 0 saturated heterocycles. The molecule has 0 saturated carbocycles. The maximum Gasteiger partial charge on any atom is -0.00967 e. The summed E-state index contributed by atoms with van der Waals surface area (Å²) in [4.78, 5) is 0. The highest BCUT2D eigenvalue weighted by Gasteiger charge is 2.11. The summed E-state index contributed by atoms with van der Waals surface area (Å²) in [5.41, 5.74) is 6.24. The first-order chi connectivity index (χ1) is 9.69. The van der Waals surface area contributed by atoms with Crippen molar-refractivity contribution in [1.29, 1.82) is 0 Å². The minimum atomic E-state index is 0.990. The van der Waals surface area contributed by atoms with E-state index < -0.39 is 0 Å². The Morgan fingerprint density at radius 1 is 0.800 bits per heavy atom. The van der Waals surface area contributed by atoms with Gasteiger partial charge in [0, 0.05) is 0 Å². The van der Waals surface area contributed by atoms with Crippen LogP contribution in [0.15, 0.2) is 37.9 Å². The molecule has 0 unspecified atom stereocenters. The lowest BCUT2D eigenvalue weighted by Crippen LogP contribution is -1.95. The van der Waals surface area contributed by atoms with Gasteiger partial charge in [0.05, 0.1) is 0 Å². The summed E-state index contributed by atoms with van der Waals surface area (Å²) in [5, 5.41) is 2.51. The van der Waals surface area contributed by atoms with Crippen LogP contribution in [0.25, 0.3) is 29.0 Å². The number of fused-ring (bicyclic) bond motifs is 1. The molecule has 0 aliphatic heterocycles. The van der Waals surface area contributed by atoms with Gasteiger partial charge in [0.1, 0.15) is 0 Å². The average Bonchev–Trinajstić information content (AvgIpc) is 2.51. The summed E-state index contributed by atoms with van der Waals surface area (Å²) in [6, 6.07) is 6.77. The summed E-state index contributed by atoms with van der Waals surface area (Å²) in [6.45, 7) is 16.3. The van der Waals surface area contributed by atoms with Crippen LogP contribution in [0.3, 0.4) is 0 Å². The summed E-state index contributed by atoms with van der Waals surface area (Å²) in [5.74, 6) is 0. The van der Waals surface area contributed by atoms with Crippen LogP contribution in [-0.4, -0.2) is 0 Å². The number of aryl methyl sites for hydroxylation is 2. The van der Waals surface area contributed by atoms with Gasteiger partial charge in [0.25, 0.3) is 0 Å². The first-order valence-corrected chi connectivity index (χ1v) is 7.19. The Labute approximate surface area is 122 Å². The largest absolute Gasteiger partial charge is 0.0984 e. The van der Waals surface area contributed by atoms with Crippen molar-refractivity contribution in [2.75, 3.05) is 0 Å². The van der Waals surface area contributed by atoms with E-state index in [2.05, 4.69) is 51.8 Å². The second kappa shape index (κ2) is 5.92. The van der Waals surface area contributed by atoms with Gasteiger partial charge in [0.15, 0.2) is 0 Å². The first kappa shape index (κ1) is 14.3. The average molecular weight is 262 g/mol. The van der Waals surface area contributed by atoms with Crippen molar-refractivity contribution in [3.8, 4) is 0 Å². The second-order valence-electron chi connectivity index (χ2n) is 4.96. The van der Waals surface area contributed by atoms with E-state index in [9.17, 15) is 0 Å². The predicted octanol–water partition coefficient (Wildman–Crippen LogP) is 5.89. The molecule has 0 aliphatic rings. The van der Waals surface area contributed by atoms with Crippen LogP contribution < -0.4 is 0 Å². The molecule has 20 heavy (non-hydrogen) atoms. The number of hydrogen-bond acceptors (Lipinski definition) is 0. The molecule has 0 amide bonds. The van der Waals surface area contributed by atoms with Crippen molar-refractivity contribution in [3.05, 3.63) is 65.8 Å². The van der Waals surface area contributed by atoms with Crippen molar-refractivity contribution in [3.63, 3.8) is 0 Å². The lowest BCUT2D eigenvalue weighted by atomic mass is 9.89. The number of benzene rings is 2. The van der Waals surface area contributed by atoms with Gasteiger partial charge in [-0.15, -0.1) is 0 Å². The summed E-state index contributed by atoms with van der Waals surface area (Å²) >= 11 is 0. The maximum absolute atomic E-state index is 4.00. The molecular weight excluding hydrogens is 240 g/mol. The monoisotopic (exact) mass is 262 g/mol. The van der Waals surface area contributed by atoms with Crippen molar-refractivity contribution in [2.45, 2.75) is 26.7 Å². The van der Waals surface area contributed by atoms with Gasteiger partial charge in [-0.3, -0.25) is 0 Å². The predicted molar refractivity (Wildman–Crippen MR) is 93.0 cm³/mol. The molecule has 0 heteroatoms. The third-order valence-corrected chi connectivity index (χ3v) is 3.93. The smallest absolute Gasteiger partial charge is 0.00967 e. The Morgan fingerprint density at radius 3 is 2.00 bits per heavy atom. The van der Waals surface area contributed by atoms with Gasteiger partial charge in [-0.25, -0.2) is 0 Å². The molecule has 0 aromatic heterocycles. The Balaban J connectivity index is 3.01. The molecule has 2 rings (SSSR count). The number of hydrogen-bond donors (Lipinski definition) is 0. The SMILES string of the molecule is C=Cc1c(CC)cc2c(C=C)cc(CC)cc2c1C=C. The molecule has 0 aliphatic carbocycles. The summed E-state index contributed by atoms with van der Waals surface area (Å²) < 4.78 is 0. The van der Waals surface area contributed by atoms with Crippen molar-refractivity contribution in [1.82, 2.24) is 0 Å². The topological polar surface area (TPSA) is 0 Å². The molecule has 0 nitrogen and oxygen atoms in total. The maximum atomic E-state index is 4.00. The van der Waals surface area contributed by atoms with E-state index >= 15 is 0 Å². The Kier molecular flexibility index (Phi) is 4.24. The molecule has 0 fully saturated rings. The van der Waals surface area contributed by atoms with E-state index in [0.717, 1.165) is 12.8 Å². The van der Waals surface area contributed by atoms with Crippen LogP contribution in [0, 0.1) is 0 Å². The van der Waals surface area contributed by atoms with Crippen molar-refractivity contribution < 1.29 is 0 Å². The Morgan fingerprint density at radius 2 is 1.50 bits per heavy atom. The van der Waals surface area contributed by atoms with Crippen LogP contribution in [0.1, 0.15) is 41.7 Å². The van der Waals surface area contributed by atoms with Crippen molar-refractivity contribution >= 4 is 29.0 Å². The zero-order valence-corrected chi connectivity index (χ0v) is 12.5. The van der Waals surface area contributed by atoms with Crippen LogP contribution in [0.4, 0.5) is 0 Å². The van der Waals surface area contributed by atoms with E-state index in [1.54, 1.807) is 0 Å². The lowest BCUT2D eigenvalue weighted by Gasteiger charge is -2.15. The summed E-state index contributed by atoms with van der Waals surface area (Å²) in [7, 11) is 0. The number of rotatable bonds is 5. The molecule has 0 radical (unpaired) electrons. The minimum Gasteiger partial charge on any atom is -0.0984 e. The third kappa shape index (κ3) is 2.22. The van der Waals surface area contributed by atoms with Crippen LogP contribution >= 0.6 is 0 Å². The van der Waals surface area contributed by atoms with Crippen LogP contribution in [0.2, 0.25) is 0 Å². The van der Waals surface area contributed by atoms with Gasteiger partial charge in [0.2, 0.25) is 0 Å². The Bertz CT molecular complexity index is 687. The highest BCUT2D eigenvalue weighted by molar-refractivity contribution is 5.99. The highest BCUT2D eigenvalue weighted by atomic mass is 14.1. The quantitative estimate of drug-likeness (QED) is 0.630. The molecule has 0 heterocycles. The Hall–Kier alpha value is -2.08. The minimum absolute atomic E-state index is 0.990. The van der Waals surface area contributed by atoms with E-state index in [-0.39, 0.29) is 0 Å². The fourth-order valence-corrected chi connectivity index (χ4v) is 2.82. The van der Waals surface area contributed by atoms with Crippen molar-refractivity contribution in [2.24, 2.45) is 0 Å². The van der Waals surface area contributed by atoms with Gasteiger partial charge in [-0.05, 0) is 57.5 Å². The molecule has 102 valence electrons. The second-order valence-corrected chi connectivity index (χ2v) is 4.96. The van der Waals surface area contributed by atoms with Gasteiger partial charge in [-0.2, -0.15) is 0 Å². The molecular formula is C20H22. The molecule has 2 aromatic rings. The fourth-order valence-electron chi connectivity index (χ4n) is 2.82. The first-order valence-electron chi connectivity index (χ1n) is 7.19. The summed E-state index contributed by atoms with van der Waals surface area (Å²) in [6.07, 6.45) is 7.85. The molecule has 2 aromatic carbocycles. The van der Waals surface area contributed by atoms with Gasteiger partial charge in [-0.1, -0.05) is 63.9 Å². The van der Waals surface area contributed by atoms with Crippen LogP contribution in [-0.2, 0) is 12.8 Å². The van der Waals surface area contributed by atoms with E-state index in [4.69, 9.17) is 0 Å². The molecule has 0 spiro atoms. The van der Waals surface area contributed by atoms with E-state index in [1.807, 2.05) is 18.2 Å². The van der Waals surface area contributed by atoms with E-state index in [0.29, 0.717) is 0 Å². The van der Waals surface area contributed by atoms with Crippen LogP contribution in [0.5, 0.6) is 0 Å². The van der Waals surface area contributed by atoms with Gasteiger partial charge >= 0.3 is 0 Å². The molecule has 0 bridgehead atoms. The zero-order valence-electron chi connectivity index (χ0n) is 12.5.